The van der Waals surface area contributed by atoms with E-state index in [-0.39, 0.29) is 24.3 Å². The van der Waals surface area contributed by atoms with E-state index in [1.807, 2.05) is 0 Å². The Balaban J connectivity index is 1.84. The van der Waals surface area contributed by atoms with Gasteiger partial charge < -0.3 is 9.47 Å². The standard InChI is InChI=1S/C25H29F3O4/c1-2-3-4-5-6-7-10-17-31-23(29)21-11-8-9-12-22(21)24(30)32-18-19-13-15-20(16-14-19)25(26,27)28/h8-9,11-16H,2-7,10,17-18H2,1H3. The molecule has 0 aromatic heterocycles. The van der Waals surface area contributed by atoms with Gasteiger partial charge in [-0.2, -0.15) is 13.2 Å². The molecule has 0 saturated carbocycles. The first-order chi connectivity index (χ1) is 15.3. The van der Waals surface area contributed by atoms with Gasteiger partial charge in [0.05, 0.1) is 23.3 Å². The molecule has 2 aromatic rings. The number of rotatable bonds is 12. The summed E-state index contributed by atoms with van der Waals surface area (Å²) >= 11 is 0. The lowest BCUT2D eigenvalue weighted by molar-refractivity contribution is -0.137. The van der Waals surface area contributed by atoms with Crippen LogP contribution >= 0.6 is 0 Å². The molecule has 0 spiro atoms. The summed E-state index contributed by atoms with van der Waals surface area (Å²) < 4.78 is 48.4. The number of hydrogen-bond acceptors (Lipinski definition) is 4. The second-order valence-electron chi connectivity index (χ2n) is 7.57. The van der Waals surface area contributed by atoms with Gasteiger partial charge in [0.25, 0.3) is 0 Å². The quantitative estimate of drug-likeness (QED) is 0.259. The van der Waals surface area contributed by atoms with E-state index in [9.17, 15) is 22.8 Å². The molecule has 0 atom stereocenters. The first-order valence-corrected chi connectivity index (χ1v) is 10.9. The van der Waals surface area contributed by atoms with Crippen molar-refractivity contribution in [2.75, 3.05) is 6.61 Å². The molecule has 2 rings (SSSR count). The van der Waals surface area contributed by atoms with Crippen molar-refractivity contribution in [3.8, 4) is 0 Å². The lowest BCUT2D eigenvalue weighted by atomic mass is 10.1. The van der Waals surface area contributed by atoms with Gasteiger partial charge >= 0.3 is 18.1 Å². The summed E-state index contributed by atoms with van der Waals surface area (Å²) in [4.78, 5) is 24.9. The number of benzene rings is 2. The molecule has 32 heavy (non-hydrogen) atoms. The Hall–Kier alpha value is -2.83. The fourth-order valence-electron chi connectivity index (χ4n) is 3.16. The smallest absolute Gasteiger partial charge is 0.416 e. The van der Waals surface area contributed by atoms with Crippen LogP contribution in [0.2, 0.25) is 0 Å². The van der Waals surface area contributed by atoms with Crippen LogP contribution in [-0.2, 0) is 22.3 Å². The minimum atomic E-state index is -4.43. The third-order valence-electron chi connectivity index (χ3n) is 5.00. The molecule has 0 N–H and O–H groups in total. The second kappa shape index (κ2) is 12.9. The predicted octanol–water partition coefficient (Wildman–Crippen LogP) is 6.97. The zero-order valence-corrected chi connectivity index (χ0v) is 18.2. The molecule has 4 nitrogen and oxygen atoms in total. The summed E-state index contributed by atoms with van der Waals surface area (Å²) in [6.45, 7) is 2.24. The molecular weight excluding hydrogens is 421 g/mol. The molecule has 0 radical (unpaired) electrons. The first-order valence-electron chi connectivity index (χ1n) is 10.9. The molecule has 0 amide bonds. The van der Waals surface area contributed by atoms with Crippen molar-refractivity contribution in [2.24, 2.45) is 0 Å². The van der Waals surface area contributed by atoms with Crippen molar-refractivity contribution < 1.29 is 32.2 Å². The van der Waals surface area contributed by atoms with Gasteiger partial charge in [0.1, 0.15) is 6.61 Å². The minimum absolute atomic E-state index is 0.0592. The average Bonchev–Trinajstić information content (AvgIpc) is 2.78. The zero-order chi connectivity index (χ0) is 23.4. The molecule has 0 saturated heterocycles. The van der Waals surface area contributed by atoms with E-state index < -0.39 is 23.7 Å². The Morgan fingerprint density at radius 3 is 1.84 bits per heavy atom. The van der Waals surface area contributed by atoms with Crippen LogP contribution in [0.5, 0.6) is 0 Å². The maximum atomic E-state index is 12.6. The number of ether oxygens (including phenoxy) is 2. The van der Waals surface area contributed by atoms with Crippen LogP contribution in [-0.4, -0.2) is 18.5 Å². The van der Waals surface area contributed by atoms with Crippen LogP contribution in [0.15, 0.2) is 48.5 Å². The third-order valence-corrected chi connectivity index (χ3v) is 5.00. The molecule has 0 aliphatic heterocycles. The molecule has 174 valence electrons. The van der Waals surface area contributed by atoms with E-state index in [4.69, 9.17) is 9.47 Å². The Bertz CT molecular complexity index is 860. The lowest BCUT2D eigenvalue weighted by Gasteiger charge is -2.11. The number of unbranched alkanes of at least 4 members (excludes halogenated alkanes) is 6. The fourth-order valence-corrected chi connectivity index (χ4v) is 3.16. The SMILES string of the molecule is CCCCCCCCCOC(=O)c1ccccc1C(=O)OCc1ccc(C(F)(F)F)cc1. The topological polar surface area (TPSA) is 52.6 Å². The van der Waals surface area contributed by atoms with Crippen molar-refractivity contribution in [3.05, 3.63) is 70.8 Å². The van der Waals surface area contributed by atoms with E-state index in [1.165, 1.54) is 49.9 Å². The fraction of sp³-hybridized carbons (Fsp3) is 0.440. The molecule has 0 bridgehead atoms. The summed E-state index contributed by atoms with van der Waals surface area (Å²) in [6.07, 6.45) is 3.25. The highest BCUT2D eigenvalue weighted by Crippen LogP contribution is 2.29. The van der Waals surface area contributed by atoms with E-state index in [0.29, 0.717) is 5.56 Å². The number of esters is 2. The van der Waals surface area contributed by atoms with Crippen molar-refractivity contribution in [1.29, 1.82) is 0 Å². The molecular formula is C25H29F3O4. The van der Waals surface area contributed by atoms with E-state index in [2.05, 4.69) is 6.92 Å². The maximum absolute atomic E-state index is 12.6. The number of alkyl halides is 3. The van der Waals surface area contributed by atoms with E-state index in [1.54, 1.807) is 12.1 Å². The van der Waals surface area contributed by atoms with Gasteiger partial charge in [0, 0.05) is 0 Å². The third kappa shape index (κ3) is 8.36. The Labute approximate surface area is 186 Å². The highest BCUT2D eigenvalue weighted by molar-refractivity contribution is 6.03. The first kappa shape index (κ1) is 25.4. The Morgan fingerprint density at radius 2 is 1.28 bits per heavy atom. The van der Waals surface area contributed by atoms with Gasteiger partial charge in [-0.3, -0.25) is 0 Å². The van der Waals surface area contributed by atoms with Crippen molar-refractivity contribution in [2.45, 2.75) is 64.7 Å². The van der Waals surface area contributed by atoms with Crippen molar-refractivity contribution >= 4 is 11.9 Å². The Kier molecular flexibility index (Phi) is 10.2. The van der Waals surface area contributed by atoms with Gasteiger partial charge in [-0.05, 0) is 36.2 Å². The van der Waals surface area contributed by atoms with Crippen LogP contribution in [0.3, 0.4) is 0 Å². The van der Waals surface area contributed by atoms with Gasteiger partial charge in [-0.25, -0.2) is 9.59 Å². The largest absolute Gasteiger partial charge is 0.462 e. The van der Waals surface area contributed by atoms with Crippen LogP contribution in [0.1, 0.15) is 83.7 Å². The highest BCUT2D eigenvalue weighted by Gasteiger charge is 2.30. The monoisotopic (exact) mass is 450 g/mol. The van der Waals surface area contributed by atoms with Crippen molar-refractivity contribution in [3.63, 3.8) is 0 Å². The van der Waals surface area contributed by atoms with E-state index >= 15 is 0 Å². The van der Waals surface area contributed by atoms with Crippen LogP contribution in [0, 0.1) is 0 Å². The van der Waals surface area contributed by atoms with Crippen LogP contribution in [0.4, 0.5) is 13.2 Å². The normalized spacial score (nSPS) is 11.2. The maximum Gasteiger partial charge on any atom is 0.416 e. The van der Waals surface area contributed by atoms with Gasteiger partial charge in [0.15, 0.2) is 0 Å². The molecule has 0 aliphatic rings. The molecule has 2 aromatic carbocycles. The summed E-state index contributed by atoms with van der Waals surface area (Å²) in [7, 11) is 0. The zero-order valence-electron chi connectivity index (χ0n) is 18.2. The lowest BCUT2D eigenvalue weighted by Crippen LogP contribution is -2.14. The molecule has 7 heteroatoms. The molecule has 0 aliphatic carbocycles. The number of hydrogen-bond donors (Lipinski definition) is 0. The summed E-state index contributed by atoms with van der Waals surface area (Å²) in [6, 6.07) is 10.5. The van der Waals surface area contributed by atoms with Crippen LogP contribution in [0.25, 0.3) is 0 Å². The second-order valence-corrected chi connectivity index (χ2v) is 7.57. The molecule has 0 fully saturated rings. The number of halogens is 3. The summed E-state index contributed by atoms with van der Waals surface area (Å²) in [5, 5.41) is 0. The molecule has 0 unspecified atom stereocenters. The highest BCUT2D eigenvalue weighted by atomic mass is 19.4. The average molecular weight is 450 g/mol. The minimum Gasteiger partial charge on any atom is -0.462 e. The molecule has 0 heterocycles. The van der Waals surface area contributed by atoms with Gasteiger partial charge in [-0.1, -0.05) is 69.7 Å². The number of carbonyl (C=O) groups is 2. The van der Waals surface area contributed by atoms with Gasteiger partial charge in [-0.15, -0.1) is 0 Å². The van der Waals surface area contributed by atoms with Crippen LogP contribution < -0.4 is 0 Å². The summed E-state index contributed by atoms with van der Waals surface area (Å²) in [5.74, 6) is -1.34. The van der Waals surface area contributed by atoms with Crippen molar-refractivity contribution in [1.82, 2.24) is 0 Å². The Morgan fingerprint density at radius 1 is 0.750 bits per heavy atom. The van der Waals surface area contributed by atoms with Gasteiger partial charge in [0.2, 0.25) is 0 Å². The summed E-state index contributed by atoms with van der Waals surface area (Å²) in [5.41, 5.74) is -0.205. The van der Waals surface area contributed by atoms with E-state index in [0.717, 1.165) is 31.4 Å². The number of carbonyl (C=O) groups excluding carboxylic acids is 2. The predicted molar refractivity (Wildman–Crippen MR) is 115 cm³/mol.